The van der Waals surface area contributed by atoms with Crippen LogP contribution in [0.2, 0.25) is 0 Å². The first kappa shape index (κ1) is 15.0. The minimum atomic E-state index is -1.10. The number of amides is 1. The molecule has 0 spiro atoms. The maximum atomic E-state index is 11.1. The van der Waals surface area contributed by atoms with Crippen LogP contribution in [0.4, 0.5) is 0 Å². The Morgan fingerprint density at radius 1 is 1.38 bits per heavy atom. The summed E-state index contributed by atoms with van der Waals surface area (Å²) in [5.41, 5.74) is 0.774. The fourth-order valence-electron chi connectivity index (χ4n) is 1.58. The van der Waals surface area contributed by atoms with E-state index >= 15 is 0 Å². The van der Waals surface area contributed by atoms with Gasteiger partial charge in [0.05, 0.1) is 5.69 Å². The standard InChI is InChI=1S/C12H13N5O3S/c1-8(18)13-10(11(19)20)7-21-12-14-15-16-17(12)9-5-3-2-4-6-9/h2-6,10H,7H2,1H3,(H,13,18)(H,19,20)/t10-/m0/s1. The largest absolute Gasteiger partial charge is 0.480 e. The molecule has 0 aliphatic heterocycles. The Bertz CT molecular complexity index is 631. The summed E-state index contributed by atoms with van der Waals surface area (Å²) in [4.78, 5) is 22.0. The van der Waals surface area contributed by atoms with E-state index in [4.69, 9.17) is 5.11 Å². The van der Waals surface area contributed by atoms with Crippen molar-refractivity contribution in [1.82, 2.24) is 25.5 Å². The zero-order chi connectivity index (χ0) is 15.2. The van der Waals surface area contributed by atoms with Crippen molar-refractivity contribution < 1.29 is 14.7 Å². The number of nitrogens with zero attached hydrogens (tertiary/aromatic N) is 4. The maximum Gasteiger partial charge on any atom is 0.327 e. The second-order valence-electron chi connectivity index (χ2n) is 4.11. The minimum absolute atomic E-state index is 0.127. The molecule has 0 aliphatic carbocycles. The van der Waals surface area contributed by atoms with Crippen LogP contribution in [0.5, 0.6) is 0 Å². The van der Waals surface area contributed by atoms with Crippen LogP contribution in [-0.4, -0.2) is 49.0 Å². The van der Waals surface area contributed by atoms with Crippen LogP contribution >= 0.6 is 11.8 Å². The van der Waals surface area contributed by atoms with Crippen LogP contribution in [0.3, 0.4) is 0 Å². The Morgan fingerprint density at radius 2 is 2.10 bits per heavy atom. The van der Waals surface area contributed by atoms with E-state index in [1.807, 2.05) is 30.3 Å². The number of carbonyl (C=O) groups excluding carboxylic acids is 1. The molecule has 110 valence electrons. The molecule has 2 aromatic rings. The third-order valence-corrected chi connectivity index (χ3v) is 3.51. The molecule has 0 bridgehead atoms. The molecule has 1 atom stereocenters. The molecule has 0 aliphatic rings. The predicted molar refractivity (Wildman–Crippen MR) is 75.1 cm³/mol. The highest BCUT2D eigenvalue weighted by Crippen LogP contribution is 2.18. The van der Waals surface area contributed by atoms with Crippen molar-refractivity contribution in [1.29, 1.82) is 0 Å². The van der Waals surface area contributed by atoms with Gasteiger partial charge in [-0.25, -0.2) is 4.79 Å². The Labute approximate surface area is 124 Å². The third kappa shape index (κ3) is 4.02. The molecule has 1 heterocycles. The Hall–Kier alpha value is -2.42. The van der Waals surface area contributed by atoms with Crippen LogP contribution in [0, 0.1) is 0 Å². The number of aromatic nitrogens is 4. The molecule has 0 fully saturated rings. The molecule has 1 aromatic carbocycles. The van der Waals surface area contributed by atoms with Crippen LogP contribution < -0.4 is 5.32 Å². The van der Waals surface area contributed by atoms with Crippen LogP contribution in [-0.2, 0) is 9.59 Å². The van der Waals surface area contributed by atoms with E-state index in [1.165, 1.54) is 11.6 Å². The summed E-state index contributed by atoms with van der Waals surface area (Å²) in [6.45, 7) is 1.27. The second-order valence-corrected chi connectivity index (χ2v) is 5.10. The molecular weight excluding hydrogens is 294 g/mol. The Morgan fingerprint density at radius 3 is 2.71 bits per heavy atom. The van der Waals surface area contributed by atoms with Crippen LogP contribution in [0.15, 0.2) is 35.5 Å². The van der Waals surface area contributed by atoms with Crippen molar-refractivity contribution in [3.63, 3.8) is 0 Å². The van der Waals surface area contributed by atoms with Gasteiger partial charge in [0.1, 0.15) is 6.04 Å². The highest BCUT2D eigenvalue weighted by molar-refractivity contribution is 7.99. The van der Waals surface area contributed by atoms with Crippen molar-refractivity contribution in [3.8, 4) is 5.69 Å². The number of nitrogens with one attached hydrogen (secondary N) is 1. The van der Waals surface area contributed by atoms with Gasteiger partial charge in [-0.3, -0.25) is 4.79 Å². The molecule has 1 amide bonds. The quantitative estimate of drug-likeness (QED) is 0.741. The molecule has 8 nitrogen and oxygen atoms in total. The lowest BCUT2D eigenvalue weighted by atomic mass is 10.3. The molecule has 0 radical (unpaired) electrons. The van der Waals surface area contributed by atoms with Gasteiger partial charge in [0.25, 0.3) is 0 Å². The zero-order valence-electron chi connectivity index (χ0n) is 11.1. The monoisotopic (exact) mass is 307 g/mol. The third-order valence-electron chi connectivity index (χ3n) is 2.50. The van der Waals surface area contributed by atoms with Gasteiger partial charge in [0.15, 0.2) is 0 Å². The normalized spacial score (nSPS) is 11.9. The summed E-state index contributed by atoms with van der Waals surface area (Å²) in [5.74, 6) is -1.37. The summed E-state index contributed by atoms with van der Waals surface area (Å²) in [5, 5.41) is 23.2. The molecule has 2 N–H and O–H groups in total. The molecule has 9 heteroatoms. The van der Waals surface area contributed by atoms with Crippen molar-refractivity contribution in [3.05, 3.63) is 30.3 Å². The molecule has 0 saturated carbocycles. The van der Waals surface area contributed by atoms with Gasteiger partial charge in [-0.05, 0) is 22.6 Å². The predicted octanol–water partition coefficient (Wildman–Crippen LogP) is 0.344. The Kier molecular flexibility index (Phi) is 4.88. The lowest BCUT2D eigenvalue weighted by molar-refractivity contribution is -0.140. The first-order valence-corrected chi connectivity index (χ1v) is 7.03. The number of benzene rings is 1. The highest BCUT2D eigenvalue weighted by Gasteiger charge is 2.20. The van der Waals surface area contributed by atoms with E-state index in [0.29, 0.717) is 5.16 Å². The number of hydrogen-bond donors (Lipinski definition) is 2. The molecule has 0 saturated heterocycles. The number of carbonyl (C=O) groups is 2. The van der Waals surface area contributed by atoms with Crippen molar-refractivity contribution in [2.75, 3.05) is 5.75 Å². The van der Waals surface area contributed by atoms with E-state index in [9.17, 15) is 9.59 Å². The topological polar surface area (TPSA) is 110 Å². The summed E-state index contributed by atoms with van der Waals surface area (Å²) >= 11 is 1.16. The number of hydrogen-bond acceptors (Lipinski definition) is 6. The van der Waals surface area contributed by atoms with Crippen molar-refractivity contribution in [2.24, 2.45) is 0 Å². The molecule has 2 rings (SSSR count). The van der Waals surface area contributed by atoms with E-state index in [0.717, 1.165) is 17.4 Å². The molecule has 21 heavy (non-hydrogen) atoms. The number of rotatable bonds is 6. The van der Waals surface area contributed by atoms with E-state index in [1.54, 1.807) is 0 Å². The average Bonchev–Trinajstić information content (AvgIpc) is 2.92. The minimum Gasteiger partial charge on any atom is -0.480 e. The summed E-state index contributed by atoms with van der Waals surface area (Å²) in [6.07, 6.45) is 0. The van der Waals surface area contributed by atoms with E-state index in [2.05, 4.69) is 20.8 Å². The summed E-state index contributed by atoms with van der Waals surface area (Å²) in [7, 11) is 0. The van der Waals surface area contributed by atoms with Gasteiger partial charge >= 0.3 is 5.97 Å². The van der Waals surface area contributed by atoms with Crippen molar-refractivity contribution >= 4 is 23.6 Å². The number of aliphatic carboxylic acids is 1. The first-order chi connectivity index (χ1) is 10.1. The van der Waals surface area contributed by atoms with E-state index in [-0.39, 0.29) is 5.75 Å². The van der Waals surface area contributed by atoms with Crippen LogP contribution in [0.25, 0.3) is 5.69 Å². The van der Waals surface area contributed by atoms with Crippen LogP contribution in [0.1, 0.15) is 6.92 Å². The van der Waals surface area contributed by atoms with Gasteiger partial charge < -0.3 is 10.4 Å². The van der Waals surface area contributed by atoms with Gasteiger partial charge in [-0.2, -0.15) is 4.68 Å². The van der Waals surface area contributed by atoms with E-state index < -0.39 is 17.9 Å². The lowest BCUT2D eigenvalue weighted by Crippen LogP contribution is -2.41. The Balaban J connectivity index is 2.09. The molecular formula is C12H13N5O3S. The molecule has 1 aromatic heterocycles. The first-order valence-electron chi connectivity index (χ1n) is 6.04. The zero-order valence-corrected chi connectivity index (χ0v) is 11.9. The summed E-state index contributed by atoms with van der Waals surface area (Å²) in [6, 6.07) is 8.25. The average molecular weight is 307 g/mol. The SMILES string of the molecule is CC(=O)N[C@@H](CSc1nnnn1-c1ccccc1)C(=O)O. The summed E-state index contributed by atoms with van der Waals surface area (Å²) < 4.78 is 1.51. The van der Waals surface area contributed by atoms with Crippen molar-refractivity contribution in [2.45, 2.75) is 18.1 Å². The number of carboxylic acids is 1. The molecule has 0 unspecified atom stereocenters. The second kappa shape index (κ2) is 6.84. The fourth-order valence-corrected chi connectivity index (χ4v) is 2.48. The number of tetrazole rings is 1. The number of thioether (sulfide) groups is 1. The highest BCUT2D eigenvalue weighted by atomic mass is 32.2. The van der Waals surface area contributed by atoms with Gasteiger partial charge in [0, 0.05) is 12.7 Å². The van der Waals surface area contributed by atoms with Gasteiger partial charge in [-0.1, -0.05) is 30.0 Å². The smallest absolute Gasteiger partial charge is 0.327 e. The fraction of sp³-hybridized carbons (Fsp3) is 0.250. The lowest BCUT2D eigenvalue weighted by Gasteiger charge is -2.12. The van der Waals surface area contributed by atoms with Gasteiger partial charge in [-0.15, -0.1) is 5.10 Å². The maximum absolute atomic E-state index is 11.1. The number of carboxylic acid groups (broad SMARTS) is 1. The van der Waals surface area contributed by atoms with Gasteiger partial charge in [0.2, 0.25) is 11.1 Å². The number of para-hydroxylation sites is 1.